The lowest BCUT2D eigenvalue weighted by molar-refractivity contribution is 0.591. The van der Waals surface area contributed by atoms with E-state index in [-0.39, 0.29) is 29.5 Å². The van der Waals surface area contributed by atoms with Gasteiger partial charge in [-0.2, -0.15) is 20.1 Å². The molecule has 0 radical (unpaired) electrons. The van der Waals surface area contributed by atoms with E-state index >= 15 is 0 Å². The van der Waals surface area contributed by atoms with E-state index in [4.69, 9.17) is 11.6 Å². The second-order valence-electron chi connectivity index (χ2n) is 4.69. The molecular weight excluding hydrogens is 316 g/mol. The van der Waals surface area contributed by atoms with Crippen LogP contribution in [-0.4, -0.2) is 50.7 Å². The SMILES string of the molecule is O=S1(=O)CCCC1CNc1nc(Cl)nc(-n2cccn2)n1. The van der Waals surface area contributed by atoms with Gasteiger partial charge in [-0.1, -0.05) is 0 Å². The lowest BCUT2D eigenvalue weighted by atomic mass is 10.2. The minimum Gasteiger partial charge on any atom is -0.353 e. The molecule has 1 N–H and O–H groups in total. The van der Waals surface area contributed by atoms with Gasteiger partial charge in [-0.15, -0.1) is 0 Å². The van der Waals surface area contributed by atoms with Crippen molar-refractivity contribution in [1.82, 2.24) is 24.7 Å². The van der Waals surface area contributed by atoms with Gasteiger partial charge < -0.3 is 5.32 Å². The van der Waals surface area contributed by atoms with Crippen LogP contribution >= 0.6 is 11.6 Å². The van der Waals surface area contributed by atoms with Crippen molar-refractivity contribution < 1.29 is 8.42 Å². The summed E-state index contributed by atoms with van der Waals surface area (Å²) in [5.41, 5.74) is 0. The van der Waals surface area contributed by atoms with E-state index in [2.05, 4.69) is 25.4 Å². The summed E-state index contributed by atoms with van der Waals surface area (Å²) in [4.78, 5) is 12.1. The summed E-state index contributed by atoms with van der Waals surface area (Å²) in [5.74, 6) is 0.759. The molecule has 0 bridgehead atoms. The molecule has 0 saturated carbocycles. The molecular formula is C11H13ClN6O2S. The predicted octanol–water partition coefficient (Wildman–Crippen LogP) is 0.700. The summed E-state index contributed by atoms with van der Waals surface area (Å²) in [7, 11) is -3.00. The zero-order valence-corrected chi connectivity index (χ0v) is 12.5. The standard InChI is InChI=1S/C11H13ClN6O2S/c12-9-15-10(13-7-8-3-1-6-21(8,19)20)17-11(16-9)18-5-2-4-14-18/h2,4-5,8H,1,3,6-7H2,(H,13,15,16,17). The van der Waals surface area contributed by atoms with Gasteiger partial charge in [-0.3, -0.25) is 0 Å². The molecule has 1 unspecified atom stereocenters. The third-order valence-corrected chi connectivity index (χ3v) is 5.70. The van der Waals surface area contributed by atoms with Gasteiger partial charge in [0.15, 0.2) is 9.84 Å². The maximum atomic E-state index is 11.8. The van der Waals surface area contributed by atoms with Crippen LogP contribution < -0.4 is 5.32 Å². The fourth-order valence-electron chi connectivity index (χ4n) is 2.20. The van der Waals surface area contributed by atoms with Crippen molar-refractivity contribution in [2.75, 3.05) is 17.6 Å². The van der Waals surface area contributed by atoms with Gasteiger partial charge in [-0.05, 0) is 30.5 Å². The Labute approximate surface area is 126 Å². The second-order valence-corrected chi connectivity index (χ2v) is 7.43. The molecule has 0 aromatic carbocycles. The largest absolute Gasteiger partial charge is 0.353 e. The Kier molecular flexibility index (Phi) is 3.77. The van der Waals surface area contributed by atoms with E-state index in [0.29, 0.717) is 12.8 Å². The Morgan fingerprint density at radius 2 is 2.24 bits per heavy atom. The molecule has 1 atom stereocenters. The van der Waals surface area contributed by atoms with Crippen LogP contribution in [0.1, 0.15) is 12.8 Å². The average molecular weight is 329 g/mol. The third-order valence-electron chi connectivity index (χ3n) is 3.26. The summed E-state index contributed by atoms with van der Waals surface area (Å²) in [6.45, 7) is 0.265. The number of sulfone groups is 1. The summed E-state index contributed by atoms with van der Waals surface area (Å²) >= 11 is 5.86. The average Bonchev–Trinajstić information content (AvgIpc) is 3.05. The molecule has 1 fully saturated rings. The van der Waals surface area contributed by atoms with Crippen molar-refractivity contribution in [2.45, 2.75) is 18.1 Å². The molecule has 0 amide bonds. The molecule has 112 valence electrons. The van der Waals surface area contributed by atoms with Crippen molar-refractivity contribution in [2.24, 2.45) is 0 Å². The van der Waals surface area contributed by atoms with Crippen LogP contribution in [0.5, 0.6) is 0 Å². The van der Waals surface area contributed by atoms with Crippen molar-refractivity contribution >= 4 is 27.4 Å². The number of rotatable bonds is 4. The highest BCUT2D eigenvalue weighted by molar-refractivity contribution is 7.92. The monoisotopic (exact) mass is 328 g/mol. The van der Waals surface area contributed by atoms with E-state index in [1.807, 2.05) is 0 Å². The first-order chi connectivity index (χ1) is 10.0. The highest BCUT2D eigenvalue weighted by Crippen LogP contribution is 2.20. The molecule has 1 aliphatic heterocycles. The van der Waals surface area contributed by atoms with Gasteiger partial charge >= 0.3 is 0 Å². The second kappa shape index (κ2) is 5.57. The fourth-order valence-corrected chi connectivity index (χ4v) is 4.12. The Balaban J connectivity index is 1.77. The molecule has 1 saturated heterocycles. The zero-order valence-electron chi connectivity index (χ0n) is 11.0. The maximum absolute atomic E-state index is 11.8. The molecule has 2 aromatic heterocycles. The lowest BCUT2D eigenvalue weighted by Crippen LogP contribution is -2.26. The van der Waals surface area contributed by atoms with E-state index in [0.717, 1.165) is 0 Å². The Bertz CT molecular complexity index is 733. The summed E-state index contributed by atoms with van der Waals surface area (Å²) in [5, 5.41) is 6.55. The Morgan fingerprint density at radius 3 is 2.90 bits per heavy atom. The quantitative estimate of drug-likeness (QED) is 0.881. The number of halogens is 1. The van der Waals surface area contributed by atoms with Gasteiger partial charge in [0.05, 0.1) is 11.0 Å². The first kappa shape index (κ1) is 14.2. The van der Waals surface area contributed by atoms with Gasteiger partial charge in [0.25, 0.3) is 5.95 Å². The van der Waals surface area contributed by atoms with Crippen molar-refractivity contribution in [3.05, 3.63) is 23.7 Å². The Morgan fingerprint density at radius 1 is 1.38 bits per heavy atom. The minimum absolute atomic E-state index is 0.0206. The molecule has 0 spiro atoms. The number of nitrogens with one attached hydrogen (secondary N) is 1. The van der Waals surface area contributed by atoms with Crippen LogP contribution in [0.15, 0.2) is 18.5 Å². The topological polar surface area (TPSA) is 103 Å². The van der Waals surface area contributed by atoms with E-state index in [1.165, 1.54) is 4.68 Å². The van der Waals surface area contributed by atoms with Gasteiger partial charge in [0, 0.05) is 18.9 Å². The highest BCUT2D eigenvalue weighted by atomic mass is 35.5. The van der Waals surface area contributed by atoms with Crippen LogP contribution in [0, 0.1) is 0 Å². The van der Waals surface area contributed by atoms with Crippen molar-refractivity contribution in [3.63, 3.8) is 0 Å². The van der Waals surface area contributed by atoms with Crippen molar-refractivity contribution in [1.29, 1.82) is 0 Å². The molecule has 10 heteroatoms. The van der Waals surface area contributed by atoms with Crippen LogP contribution in [0.3, 0.4) is 0 Å². The number of hydrogen-bond donors (Lipinski definition) is 1. The predicted molar refractivity (Wildman–Crippen MR) is 77.3 cm³/mol. The molecule has 2 aromatic rings. The third kappa shape index (κ3) is 3.13. The summed E-state index contributed by atoms with van der Waals surface area (Å²) < 4.78 is 25.0. The van der Waals surface area contributed by atoms with E-state index in [1.54, 1.807) is 18.5 Å². The molecule has 3 heterocycles. The molecule has 1 aliphatic rings. The smallest absolute Gasteiger partial charge is 0.256 e. The molecule has 21 heavy (non-hydrogen) atoms. The molecule has 0 aliphatic carbocycles. The van der Waals surface area contributed by atoms with Crippen molar-refractivity contribution in [3.8, 4) is 5.95 Å². The number of aromatic nitrogens is 5. The first-order valence-corrected chi connectivity index (χ1v) is 8.51. The van der Waals surface area contributed by atoms with E-state index in [9.17, 15) is 8.42 Å². The number of hydrogen-bond acceptors (Lipinski definition) is 7. The first-order valence-electron chi connectivity index (χ1n) is 6.42. The lowest BCUT2D eigenvalue weighted by Gasteiger charge is -2.11. The normalized spacial score (nSPS) is 20.5. The van der Waals surface area contributed by atoms with Crippen LogP contribution in [-0.2, 0) is 9.84 Å². The van der Waals surface area contributed by atoms with Gasteiger partial charge in [-0.25, -0.2) is 13.1 Å². The summed E-state index contributed by atoms with van der Waals surface area (Å²) in [6, 6.07) is 1.73. The van der Waals surface area contributed by atoms with Crippen LogP contribution in [0.25, 0.3) is 5.95 Å². The number of nitrogens with zero attached hydrogens (tertiary/aromatic N) is 5. The Hall–Kier alpha value is -1.74. The highest BCUT2D eigenvalue weighted by Gasteiger charge is 2.31. The van der Waals surface area contributed by atoms with Crippen LogP contribution in [0.4, 0.5) is 5.95 Å². The number of anilines is 1. The fraction of sp³-hybridized carbons (Fsp3) is 0.455. The van der Waals surface area contributed by atoms with Crippen LogP contribution in [0.2, 0.25) is 5.28 Å². The molecule has 3 rings (SSSR count). The zero-order chi connectivity index (χ0) is 14.9. The van der Waals surface area contributed by atoms with E-state index < -0.39 is 15.1 Å². The maximum Gasteiger partial charge on any atom is 0.256 e. The minimum atomic E-state index is -3.00. The molecule has 8 nitrogen and oxygen atoms in total. The van der Waals surface area contributed by atoms with Gasteiger partial charge in [0.1, 0.15) is 0 Å². The summed E-state index contributed by atoms with van der Waals surface area (Å²) in [6.07, 6.45) is 4.62. The van der Waals surface area contributed by atoms with Gasteiger partial charge in [0.2, 0.25) is 11.2 Å².